The van der Waals surface area contributed by atoms with Crippen molar-refractivity contribution >= 4 is 17.8 Å². The largest absolute Gasteiger partial charge is 0.465 e. The zero-order valence-corrected chi connectivity index (χ0v) is 10.6. The Hall–Kier alpha value is -2.31. The lowest BCUT2D eigenvalue weighted by molar-refractivity contribution is -0.143. The van der Waals surface area contributed by atoms with Gasteiger partial charge in [-0.1, -0.05) is 0 Å². The van der Waals surface area contributed by atoms with E-state index in [2.05, 4.69) is 15.4 Å². The van der Waals surface area contributed by atoms with E-state index in [0.29, 0.717) is 0 Å². The molecule has 7 nitrogen and oxygen atoms in total. The second kappa shape index (κ2) is 7.91. The lowest BCUT2D eigenvalue weighted by atomic mass is 10.3. The van der Waals surface area contributed by atoms with E-state index in [0.717, 1.165) is 0 Å². The van der Waals surface area contributed by atoms with Crippen molar-refractivity contribution in [3.63, 3.8) is 0 Å². The van der Waals surface area contributed by atoms with Crippen LogP contribution >= 0.6 is 0 Å². The third-order valence-electron chi connectivity index (χ3n) is 2.12. The molecule has 7 heteroatoms. The summed E-state index contributed by atoms with van der Waals surface area (Å²) in [5.41, 5.74) is 0. The fourth-order valence-electron chi connectivity index (χ4n) is 1.26. The van der Waals surface area contributed by atoms with Crippen molar-refractivity contribution in [3.8, 4) is 0 Å². The fraction of sp³-hybridized carbons (Fsp3) is 0.417. The van der Waals surface area contributed by atoms with Crippen LogP contribution in [0, 0.1) is 0 Å². The van der Waals surface area contributed by atoms with E-state index in [1.807, 2.05) is 0 Å². The van der Waals surface area contributed by atoms with Gasteiger partial charge < -0.3 is 19.8 Å². The summed E-state index contributed by atoms with van der Waals surface area (Å²) in [4.78, 5) is 33.7. The monoisotopic (exact) mass is 268 g/mol. The van der Waals surface area contributed by atoms with E-state index >= 15 is 0 Å². The molecule has 1 aromatic heterocycles. The summed E-state index contributed by atoms with van der Waals surface area (Å²) in [6.45, 7) is 1.95. The van der Waals surface area contributed by atoms with Crippen LogP contribution in [0.4, 0.5) is 0 Å². The number of ether oxygens (including phenoxy) is 1. The van der Waals surface area contributed by atoms with Gasteiger partial charge in [0.15, 0.2) is 5.76 Å². The standard InChI is InChI=1S/C12H16N2O5/c1-2-18-11(16)8-14-10(15)5-6-13-12(17)9-4-3-7-19-9/h3-4,7H,2,5-6,8H2,1H3,(H,13,17)(H,14,15). The minimum absolute atomic E-state index is 0.0753. The van der Waals surface area contributed by atoms with E-state index in [-0.39, 0.29) is 43.7 Å². The van der Waals surface area contributed by atoms with Crippen molar-refractivity contribution in [2.75, 3.05) is 19.7 Å². The lowest BCUT2D eigenvalue weighted by Gasteiger charge is -2.05. The van der Waals surface area contributed by atoms with E-state index in [4.69, 9.17) is 4.42 Å². The number of amides is 2. The predicted molar refractivity (Wildman–Crippen MR) is 65.3 cm³/mol. The second-order valence-electron chi connectivity index (χ2n) is 3.56. The van der Waals surface area contributed by atoms with Crippen LogP contribution in [0.3, 0.4) is 0 Å². The van der Waals surface area contributed by atoms with Gasteiger partial charge in [0.05, 0.1) is 12.9 Å². The maximum atomic E-state index is 11.4. The number of carbonyl (C=O) groups is 3. The highest BCUT2D eigenvalue weighted by Gasteiger charge is 2.09. The van der Waals surface area contributed by atoms with Crippen LogP contribution in [0.5, 0.6) is 0 Å². The number of carbonyl (C=O) groups excluding carboxylic acids is 3. The molecule has 0 saturated heterocycles. The van der Waals surface area contributed by atoms with Gasteiger partial charge in [-0.25, -0.2) is 0 Å². The molecule has 0 aliphatic heterocycles. The molecular weight excluding hydrogens is 252 g/mol. The Morgan fingerprint density at radius 2 is 2.11 bits per heavy atom. The van der Waals surface area contributed by atoms with Gasteiger partial charge in [-0.3, -0.25) is 14.4 Å². The molecule has 0 aliphatic rings. The van der Waals surface area contributed by atoms with Crippen LogP contribution in [0.15, 0.2) is 22.8 Å². The summed E-state index contributed by atoms with van der Waals surface area (Å²) in [7, 11) is 0. The predicted octanol–water partition coefficient (Wildman–Crippen LogP) is 0.0788. The maximum Gasteiger partial charge on any atom is 0.325 e. The molecule has 0 radical (unpaired) electrons. The molecule has 1 aromatic rings. The minimum Gasteiger partial charge on any atom is -0.465 e. The second-order valence-corrected chi connectivity index (χ2v) is 3.56. The number of rotatable bonds is 7. The van der Waals surface area contributed by atoms with Crippen molar-refractivity contribution in [2.45, 2.75) is 13.3 Å². The molecule has 2 N–H and O–H groups in total. The molecule has 0 saturated carbocycles. The van der Waals surface area contributed by atoms with E-state index < -0.39 is 5.97 Å². The Labute approximate surface area is 110 Å². The quantitative estimate of drug-likeness (QED) is 0.682. The van der Waals surface area contributed by atoms with Gasteiger partial charge in [0.25, 0.3) is 5.91 Å². The summed E-state index contributed by atoms with van der Waals surface area (Å²) in [5.74, 6) is -1.03. The Morgan fingerprint density at radius 3 is 2.74 bits per heavy atom. The SMILES string of the molecule is CCOC(=O)CNC(=O)CCNC(=O)c1ccco1. The highest BCUT2D eigenvalue weighted by atomic mass is 16.5. The van der Waals surface area contributed by atoms with Crippen molar-refractivity contribution in [1.82, 2.24) is 10.6 Å². The molecule has 0 aromatic carbocycles. The summed E-state index contributed by atoms with van der Waals surface area (Å²) in [6.07, 6.45) is 1.47. The number of nitrogens with one attached hydrogen (secondary N) is 2. The van der Waals surface area contributed by atoms with Crippen LogP contribution in [0.25, 0.3) is 0 Å². The lowest BCUT2D eigenvalue weighted by Crippen LogP contribution is -2.34. The fourth-order valence-corrected chi connectivity index (χ4v) is 1.26. The van der Waals surface area contributed by atoms with Gasteiger partial charge in [0.1, 0.15) is 6.54 Å². The highest BCUT2D eigenvalue weighted by molar-refractivity contribution is 5.91. The topological polar surface area (TPSA) is 97.6 Å². The molecule has 19 heavy (non-hydrogen) atoms. The first-order valence-corrected chi connectivity index (χ1v) is 5.87. The molecule has 1 heterocycles. The Kier molecular flexibility index (Phi) is 6.14. The normalized spacial score (nSPS) is 9.74. The smallest absolute Gasteiger partial charge is 0.325 e. The average Bonchev–Trinajstić information content (AvgIpc) is 2.90. The maximum absolute atomic E-state index is 11.4. The molecule has 0 fully saturated rings. The summed E-state index contributed by atoms with van der Waals surface area (Å²) in [6, 6.07) is 3.12. The molecule has 0 atom stereocenters. The van der Waals surface area contributed by atoms with Crippen LogP contribution < -0.4 is 10.6 Å². The Bertz CT molecular complexity index is 427. The van der Waals surface area contributed by atoms with Crippen molar-refractivity contribution < 1.29 is 23.5 Å². The first-order chi connectivity index (χ1) is 9.13. The zero-order chi connectivity index (χ0) is 14.1. The van der Waals surface area contributed by atoms with Gasteiger partial charge in [0, 0.05) is 13.0 Å². The highest BCUT2D eigenvalue weighted by Crippen LogP contribution is 1.98. The average molecular weight is 268 g/mol. The minimum atomic E-state index is -0.490. The molecule has 1 rings (SSSR count). The Morgan fingerprint density at radius 1 is 1.32 bits per heavy atom. The summed E-state index contributed by atoms with van der Waals surface area (Å²) < 4.78 is 9.53. The van der Waals surface area contributed by atoms with Crippen LogP contribution in [0.1, 0.15) is 23.9 Å². The van der Waals surface area contributed by atoms with Crippen LogP contribution in [-0.4, -0.2) is 37.5 Å². The van der Waals surface area contributed by atoms with Gasteiger partial charge >= 0.3 is 5.97 Å². The first kappa shape index (κ1) is 14.7. The zero-order valence-electron chi connectivity index (χ0n) is 10.6. The summed E-state index contributed by atoms with van der Waals surface area (Å²) in [5, 5.41) is 4.91. The number of furan rings is 1. The molecule has 0 unspecified atom stereocenters. The van der Waals surface area contributed by atoms with Gasteiger partial charge in [-0.05, 0) is 19.1 Å². The molecule has 0 aliphatic carbocycles. The summed E-state index contributed by atoms with van der Waals surface area (Å²) >= 11 is 0. The van der Waals surface area contributed by atoms with Gasteiger partial charge in [0.2, 0.25) is 5.91 Å². The third kappa shape index (κ3) is 5.71. The van der Waals surface area contributed by atoms with Crippen LogP contribution in [0.2, 0.25) is 0 Å². The van der Waals surface area contributed by atoms with E-state index in [9.17, 15) is 14.4 Å². The number of hydrogen-bond donors (Lipinski definition) is 2. The molecular formula is C12H16N2O5. The van der Waals surface area contributed by atoms with E-state index in [1.165, 1.54) is 12.3 Å². The van der Waals surface area contributed by atoms with Crippen molar-refractivity contribution in [1.29, 1.82) is 0 Å². The van der Waals surface area contributed by atoms with E-state index in [1.54, 1.807) is 13.0 Å². The van der Waals surface area contributed by atoms with Gasteiger partial charge in [-0.2, -0.15) is 0 Å². The molecule has 104 valence electrons. The Balaban J connectivity index is 2.14. The van der Waals surface area contributed by atoms with Gasteiger partial charge in [-0.15, -0.1) is 0 Å². The number of hydrogen-bond acceptors (Lipinski definition) is 5. The molecule has 0 bridgehead atoms. The van der Waals surface area contributed by atoms with Crippen molar-refractivity contribution in [3.05, 3.63) is 24.2 Å². The molecule has 0 spiro atoms. The van der Waals surface area contributed by atoms with Crippen LogP contribution in [-0.2, 0) is 14.3 Å². The first-order valence-electron chi connectivity index (χ1n) is 5.87. The molecule has 2 amide bonds. The van der Waals surface area contributed by atoms with Crippen molar-refractivity contribution in [2.24, 2.45) is 0 Å². The number of esters is 1. The third-order valence-corrected chi connectivity index (χ3v) is 2.12.